The van der Waals surface area contributed by atoms with E-state index in [0.29, 0.717) is 18.9 Å². The summed E-state index contributed by atoms with van der Waals surface area (Å²) in [7, 11) is 1.84. The first-order valence-corrected chi connectivity index (χ1v) is 5.39. The number of amides is 1. The van der Waals surface area contributed by atoms with E-state index in [2.05, 4.69) is 20.8 Å². The van der Waals surface area contributed by atoms with Gasteiger partial charge in [0.05, 0.1) is 13.0 Å². The SMILES string of the molecule is CCCN(C)C(=O)CCOCC(C)C. The molecule has 0 heterocycles. The Bertz CT molecular complexity index is 157. The third kappa shape index (κ3) is 6.89. The molecule has 3 nitrogen and oxygen atoms in total. The monoisotopic (exact) mass is 201 g/mol. The maximum atomic E-state index is 11.4. The molecule has 0 aliphatic heterocycles. The highest BCUT2D eigenvalue weighted by Gasteiger charge is 2.06. The molecule has 0 aliphatic rings. The van der Waals surface area contributed by atoms with Gasteiger partial charge in [0.15, 0.2) is 0 Å². The Morgan fingerprint density at radius 3 is 2.57 bits per heavy atom. The van der Waals surface area contributed by atoms with E-state index in [1.807, 2.05) is 7.05 Å². The lowest BCUT2D eigenvalue weighted by Gasteiger charge is -2.16. The van der Waals surface area contributed by atoms with Gasteiger partial charge in [-0.3, -0.25) is 4.79 Å². The number of rotatable bonds is 7. The summed E-state index contributed by atoms with van der Waals surface area (Å²) >= 11 is 0. The predicted octanol–water partition coefficient (Wildman–Crippen LogP) is 1.92. The van der Waals surface area contributed by atoms with Gasteiger partial charge in [0, 0.05) is 20.2 Å². The van der Waals surface area contributed by atoms with Gasteiger partial charge >= 0.3 is 0 Å². The number of carbonyl (C=O) groups is 1. The summed E-state index contributed by atoms with van der Waals surface area (Å²) in [6.07, 6.45) is 1.51. The highest BCUT2D eigenvalue weighted by molar-refractivity contribution is 5.75. The lowest BCUT2D eigenvalue weighted by Crippen LogP contribution is -2.28. The van der Waals surface area contributed by atoms with Crippen molar-refractivity contribution < 1.29 is 9.53 Å². The number of ether oxygens (including phenoxy) is 1. The van der Waals surface area contributed by atoms with Crippen LogP contribution >= 0.6 is 0 Å². The summed E-state index contributed by atoms with van der Waals surface area (Å²) in [5.74, 6) is 0.717. The van der Waals surface area contributed by atoms with Gasteiger partial charge in [-0.2, -0.15) is 0 Å². The molecule has 84 valence electrons. The summed E-state index contributed by atoms with van der Waals surface area (Å²) < 4.78 is 5.35. The van der Waals surface area contributed by atoms with E-state index >= 15 is 0 Å². The van der Waals surface area contributed by atoms with E-state index in [4.69, 9.17) is 4.74 Å². The number of carbonyl (C=O) groups excluding carboxylic acids is 1. The Hall–Kier alpha value is -0.570. The quantitative estimate of drug-likeness (QED) is 0.589. The standard InChI is InChI=1S/C11H23NO2/c1-5-7-12(4)11(13)6-8-14-9-10(2)3/h10H,5-9H2,1-4H3. The Labute approximate surface area is 87.4 Å². The molecule has 0 saturated heterocycles. The molecule has 0 N–H and O–H groups in total. The van der Waals surface area contributed by atoms with Crippen molar-refractivity contribution in [3.63, 3.8) is 0 Å². The van der Waals surface area contributed by atoms with Gasteiger partial charge in [-0.25, -0.2) is 0 Å². The molecule has 0 aromatic rings. The van der Waals surface area contributed by atoms with Crippen LogP contribution in [0.3, 0.4) is 0 Å². The van der Waals surface area contributed by atoms with Crippen LogP contribution in [-0.4, -0.2) is 37.6 Å². The Morgan fingerprint density at radius 1 is 1.43 bits per heavy atom. The van der Waals surface area contributed by atoms with Crippen molar-refractivity contribution in [1.82, 2.24) is 4.90 Å². The molecule has 0 aromatic heterocycles. The molecule has 0 fully saturated rings. The van der Waals surface area contributed by atoms with Crippen LogP contribution in [0.1, 0.15) is 33.6 Å². The smallest absolute Gasteiger partial charge is 0.224 e. The van der Waals surface area contributed by atoms with Crippen molar-refractivity contribution in [2.24, 2.45) is 5.92 Å². The molecule has 14 heavy (non-hydrogen) atoms. The van der Waals surface area contributed by atoms with Gasteiger partial charge in [0.1, 0.15) is 0 Å². The van der Waals surface area contributed by atoms with E-state index in [-0.39, 0.29) is 5.91 Å². The maximum Gasteiger partial charge on any atom is 0.224 e. The Morgan fingerprint density at radius 2 is 2.07 bits per heavy atom. The fourth-order valence-corrected chi connectivity index (χ4v) is 1.13. The Balaban J connectivity index is 3.44. The zero-order valence-electron chi connectivity index (χ0n) is 9.88. The van der Waals surface area contributed by atoms with Gasteiger partial charge in [-0.15, -0.1) is 0 Å². The maximum absolute atomic E-state index is 11.4. The number of nitrogens with zero attached hydrogens (tertiary/aromatic N) is 1. The first-order valence-electron chi connectivity index (χ1n) is 5.39. The van der Waals surface area contributed by atoms with Crippen molar-refractivity contribution in [3.05, 3.63) is 0 Å². The summed E-state index contributed by atoms with van der Waals surface area (Å²) in [6.45, 7) is 8.40. The van der Waals surface area contributed by atoms with Crippen LogP contribution in [0.2, 0.25) is 0 Å². The van der Waals surface area contributed by atoms with Crippen molar-refractivity contribution in [2.45, 2.75) is 33.6 Å². The molecule has 0 spiro atoms. The molecule has 0 atom stereocenters. The van der Waals surface area contributed by atoms with Crippen molar-refractivity contribution in [1.29, 1.82) is 0 Å². The third-order valence-corrected chi connectivity index (χ3v) is 1.90. The van der Waals surface area contributed by atoms with Gasteiger partial charge in [-0.05, 0) is 12.3 Å². The van der Waals surface area contributed by atoms with E-state index in [0.717, 1.165) is 19.6 Å². The van der Waals surface area contributed by atoms with Crippen LogP contribution in [0.25, 0.3) is 0 Å². The molecule has 0 rings (SSSR count). The lowest BCUT2D eigenvalue weighted by atomic mass is 10.2. The van der Waals surface area contributed by atoms with Crippen LogP contribution in [0, 0.1) is 5.92 Å². The van der Waals surface area contributed by atoms with Crippen molar-refractivity contribution in [2.75, 3.05) is 26.8 Å². The van der Waals surface area contributed by atoms with Crippen molar-refractivity contribution >= 4 is 5.91 Å². The van der Waals surface area contributed by atoms with Crippen LogP contribution in [0.15, 0.2) is 0 Å². The summed E-state index contributed by atoms with van der Waals surface area (Å²) in [5.41, 5.74) is 0. The Kier molecular flexibility index (Phi) is 7.48. The largest absolute Gasteiger partial charge is 0.381 e. The van der Waals surface area contributed by atoms with E-state index in [1.165, 1.54) is 0 Å². The zero-order valence-corrected chi connectivity index (χ0v) is 9.88. The topological polar surface area (TPSA) is 29.5 Å². The molecule has 1 amide bonds. The summed E-state index contributed by atoms with van der Waals surface area (Å²) in [5, 5.41) is 0. The molecule has 0 aromatic carbocycles. The lowest BCUT2D eigenvalue weighted by molar-refractivity contribution is -0.131. The summed E-state index contributed by atoms with van der Waals surface area (Å²) in [6, 6.07) is 0. The van der Waals surface area contributed by atoms with Gasteiger partial charge in [-0.1, -0.05) is 20.8 Å². The highest BCUT2D eigenvalue weighted by Crippen LogP contribution is 1.96. The molecule has 0 saturated carbocycles. The van der Waals surface area contributed by atoms with Crippen LogP contribution in [0.4, 0.5) is 0 Å². The molecule has 0 bridgehead atoms. The molecule has 3 heteroatoms. The minimum Gasteiger partial charge on any atom is -0.381 e. The average Bonchev–Trinajstić information content (AvgIpc) is 2.12. The van der Waals surface area contributed by atoms with E-state index < -0.39 is 0 Å². The average molecular weight is 201 g/mol. The second kappa shape index (κ2) is 7.80. The number of hydrogen-bond donors (Lipinski definition) is 0. The highest BCUT2D eigenvalue weighted by atomic mass is 16.5. The fraction of sp³-hybridized carbons (Fsp3) is 0.909. The van der Waals surface area contributed by atoms with Crippen molar-refractivity contribution in [3.8, 4) is 0 Å². The minimum atomic E-state index is 0.176. The fourth-order valence-electron chi connectivity index (χ4n) is 1.13. The van der Waals surface area contributed by atoms with Crippen LogP contribution in [0.5, 0.6) is 0 Å². The third-order valence-electron chi connectivity index (χ3n) is 1.90. The second-order valence-electron chi connectivity index (χ2n) is 4.03. The normalized spacial score (nSPS) is 10.6. The molecular weight excluding hydrogens is 178 g/mol. The van der Waals surface area contributed by atoms with E-state index in [1.54, 1.807) is 4.90 Å². The summed E-state index contributed by atoms with van der Waals surface area (Å²) in [4.78, 5) is 13.2. The minimum absolute atomic E-state index is 0.176. The van der Waals surface area contributed by atoms with Gasteiger partial charge in [0.25, 0.3) is 0 Å². The molecule has 0 aliphatic carbocycles. The van der Waals surface area contributed by atoms with Crippen LogP contribution in [-0.2, 0) is 9.53 Å². The molecule has 0 radical (unpaired) electrons. The number of hydrogen-bond acceptors (Lipinski definition) is 2. The second-order valence-corrected chi connectivity index (χ2v) is 4.03. The predicted molar refractivity (Wildman–Crippen MR) is 58.2 cm³/mol. The molecular formula is C11H23NO2. The zero-order chi connectivity index (χ0) is 11.0. The van der Waals surface area contributed by atoms with Gasteiger partial charge < -0.3 is 9.64 Å². The molecule has 0 unspecified atom stereocenters. The van der Waals surface area contributed by atoms with E-state index in [9.17, 15) is 4.79 Å². The van der Waals surface area contributed by atoms with Crippen LogP contribution < -0.4 is 0 Å². The first kappa shape index (κ1) is 13.4. The first-order chi connectivity index (χ1) is 6.57. The van der Waals surface area contributed by atoms with Gasteiger partial charge in [0.2, 0.25) is 5.91 Å².